The van der Waals surface area contributed by atoms with Crippen molar-refractivity contribution in [3.8, 4) is 11.5 Å². The molecule has 0 saturated heterocycles. The highest BCUT2D eigenvalue weighted by molar-refractivity contribution is 5.95. The molecule has 0 aromatic heterocycles. The average molecular weight is 421 g/mol. The number of anilines is 1. The molecule has 0 radical (unpaired) electrons. The van der Waals surface area contributed by atoms with Crippen molar-refractivity contribution in [1.82, 2.24) is 5.43 Å². The number of carbonyl (C=O) groups is 2. The van der Waals surface area contributed by atoms with E-state index in [-0.39, 0.29) is 18.2 Å². The third-order valence-corrected chi connectivity index (χ3v) is 4.11. The fourth-order valence-electron chi connectivity index (χ4n) is 2.60. The molecule has 0 saturated carbocycles. The summed E-state index contributed by atoms with van der Waals surface area (Å²) >= 11 is 0. The summed E-state index contributed by atoms with van der Waals surface area (Å²) in [5.74, 6) is -0.670. The lowest BCUT2D eigenvalue weighted by Crippen LogP contribution is -2.21. The Hall–Kier alpha value is -4.20. The maximum atomic E-state index is 13.6. The summed E-state index contributed by atoms with van der Waals surface area (Å²) in [7, 11) is 1.46. The minimum absolute atomic E-state index is 0.0761. The van der Waals surface area contributed by atoms with Crippen LogP contribution in [-0.4, -0.2) is 31.7 Å². The molecule has 31 heavy (non-hydrogen) atoms. The van der Waals surface area contributed by atoms with Gasteiger partial charge in [0.05, 0.1) is 19.0 Å². The number of rotatable bonds is 8. The fourth-order valence-corrected chi connectivity index (χ4v) is 2.60. The third-order valence-electron chi connectivity index (χ3n) is 4.11. The lowest BCUT2D eigenvalue weighted by atomic mass is 10.2. The molecule has 8 heteroatoms. The summed E-state index contributed by atoms with van der Waals surface area (Å²) in [4.78, 5) is 24.0. The van der Waals surface area contributed by atoms with Crippen molar-refractivity contribution in [3.63, 3.8) is 0 Å². The van der Waals surface area contributed by atoms with E-state index in [0.717, 1.165) is 0 Å². The number of halogens is 1. The Morgan fingerprint density at radius 3 is 2.48 bits per heavy atom. The van der Waals surface area contributed by atoms with E-state index in [1.165, 1.54) is 31.5 Å². The number of para-hydroxylation sites is 1. The van der Waals surface area contributed by atoms with E-state index >= 15 is 0 Å². The van der Waals surface area contributed by atoms with Crippen LogP contribution in [0.4, 0.5) is 10.1 Å². The van der Waals surface area contributed by atoms with Crippen molar-refractivity contribution in [2.45, 2.75) is 0 Å². The van der Waals surface area contributed by atoms with E-state index in [2.05, 4.69) is 15.8 Å². The van der Waals surface area contributed by atoms with Gasteiger partial charge in [0, 0.05) is 5.56 Å². The number of amides is 2. The summed E-state index contributed by atoms with van der Waals surface area (Å²) < 4.78 is 24.4. The van der Waals surface area contributed by atoms with Gasteiger partial charge in [0.1, 0.15) is 5.82 Å². The lowest BCUT2D eigenvalue weighted by molar-refractivity contribution is -0.118. The van der Waals surface area contributed by atoms with Crippen LogP contribution in [0, 0.1) is 5.82 Å². The molecule has 0 bridgehead atoms. The first-order valence-corrected chi connectivity index (χ1v) is 9.30. The van der Waals surface area contributed by atoms with Gasteiger partial charge in [-0.1, -0.05) is 30.3 Å². The second kappa shape index (κ2) is 10.5. The van der Waals surface area contributed by atoms with Gasteiger partial charge in [-0.05, 0) is 48.0 Å². The van der Waals surface area contributed by atoms with Crippen molar-refractivity contribution in [2.75, 3.05) is 19.0 Å². The molecule has 3 aromatic rings. The number of carbonyl (C=O) groups excluding carboxylic acids is 2. The molecule has 0 fully saturated rings. The van der Waals surface area contributed by atoms with E-state index in [1.807, 2.05) is 6.07 Å². The highest BCUT2D eigenvalue weighted by atomic mass is 19.1. The van der Waals surface area contributed by atoms with Gasteiger partial charge in [-0.3, -0.25) is 9.59 Å². The molecule has 3 rings (SSSR count). The number of hydrogen-bond donors (Lipinski definition) is 2. The number of ether oxygens (including phenoxy) is 2. The number of benzene rings is 3. The maximum absolute atomic E-state index is 13.6. The molecule has 3 aromatic carbocycles. The normalized spacial score (nSPS) is 10.5. The predicted molar refractivity (Wildman–Crippen MR) is 115 cm³/mol. The van der Waals surface area contributed by atoms with Gasteiger partial charge >= 0.3 is 0 Å². The van der Waals surface area contributed by atoms with Crippen molar-refractivity contribution < 1.29 is 23.5 Å². The Morgan fingerprint density at radius 1 is 1.00 bits per heavy atom. The third kappa shape index (κ3) is 6.14. The molecule has 0 aliphatic rings. The van der Waals surface area contributed by atoms with Crippen LogP contribution in [0.2, 0.25) is 0 Å². The van der Waals surface area contributed by atoms with Gasteiger partial charge in [-0.25, -0.2) is 9.82 Å². The Kier molecular flexibility index (Phi) is 7.31. The minimum atomic E-state index is -0.531. The molecule has 0 aliphatic carbocycles. The second-order valence-corrected chi connectivity index (χ2v) is 6.29. The quantitative estimate of drug-likeness (QED) is 0.430. The SMILES string of the molecule is COc1cc(/C=N/NC(=O)c2ccccc2)ccc1OCC(=O)Nc1ccccc1F. The summed E-state index contributed by atoms with van der Waals surface area (Å²) in [6, 6.07) is 19.5. The monoisotopic (exact) mass is 421 g/mol. The molecule has 0 spiro atoms. The number of nitrogens with zero attached hydrogens (tertiary/aromatic N) is 1. The molecule has 158 valence electrons. The molecular weight excluding hydrogens is 401 g/mol. The van der Waals surface area contributed by atoms with Crippen molar-refractivity contribution in [1.29, 1.82) is 0 Å². The number of hydrogen-bond acceptors (Lipinski definition) is 5. The Labute approximate surface area is 178 Å². The second-order valence-electron chi connectivity index (χ2n) is 6.29. The number of nitrogens with one attached hydrogen (secondary N) is 2. The Balaban J connectivity index is 1.57. The van der Waals surface area contributed by atoms with E-state index in [1.54, 1.807) is 48.5 Å². The summed E-state index contributed by atoms with van der Waals surface area (Å²) in [5.41, 5.74) is 3.66. The highest BCUT2D eigenvalue weighted by Crippen LogP contribution is 2.27. The lowest BCUT2D eigenvalue weighted by Gasteiger charge is -2.11. The minimum Gasteiger partial charge on any atom is -0.493 e. The number of methoxy groups -OCH3 is 1. The predicted octanol–water partition coefficient (Wildman–Crippen LogP) is 3.62. The van der Waals surface area contributed by atoms with Gasteiger partial charge in [0.2, 0.25) is 0 Å². The summed E-state index contributed by atoms with van der Waals surface area (Å²) in [5, 5.41) is 6.37. The van der Waals surface area contributed by atoms with Crippen LogP contribution in [0.1, 0.15) is 15.9 Å². The maximum Gasteiger partial charge on any atom is 0.271 e. The highest BCUT2D eigenvalue weighted by Gasteiger charge is 2.10. The van der Waals surface area contributed by atoms with Crippen LogP contribution < -0.4 is 20.2 Å². The summed E-state index contributed by atoms with van der Waals surface area (Å²) in [6.45, 7) is -0.328. The van der Waals surface area contributed by atoms with E-state index in [9.17, 15) is 14.0 Å². The molecule has 0 unspecified atom stereocenters. The molecule has 7 nitrogen and oxygen atoms in total. The molecule has 0 atom stereocenters. The Morgan fingerprint density at radius 2 is 1.74 bits per heavy atom. The standard InChI is InChI=1S/C23H20FN3O4/c1-30-21-13-16(14-25-27-23(29)17-7-3-2-4-8-17)11-12-20(21)31-15-22(28)26-19-10-6-5-9-18(19)24/h2-14H,15H2,1H3,(H,26,28)(H,27,29)/b25-14+. The summed E-state index contributed by atoms with van der Waals surface area (Å²) in [6.07, 6.45) is 1.46. The average Bonchev–Trinajstić information content (AvgIpc) is 2.80. The molecule has 0 aliphatic heterocycles. The molecule has 2 amide bonds. The van der Waals surface area contributed by atoms with Gasteiger partial charge in [0.25, 0.3) is 11.8 Å². The topological polar surface area (TPSA) is 89.0 Å². The van der Waals surface area contributed by atoms with Crippen LogP contribution in [0.25, 0.3) is 0 Å². The first-order chi connectivity index (χ1) is 15.1. The van der Waals surface area contributed by atoms with Crippen molar-refractivity contribution in [3.05, 3.63) is 89.7 Å². The van der Waals surface area contributed by atoms with E-state index < -0.39 is 11.7 Å². The van der Waals surface area contributed by atoms with Crippen LogP contribution in [0.5, 0.6) is 11.5 Å². The van der Waals surface area contributed by atoms with Gasteiger partial charge in [0.15, 0.2) is 18.1 Å². The smallest absolute Gasteiger partial charge is 0.271 e. The van der Waals surface area contributed by atoms with E-state index in [4.69, 9.17) is 9.47 Å². The largest absolute Gasteiger partial charge is 0.493 e. The molecule has 0 heterocycles. The van der Waals surface area contributed by atoms with Crippen molar-refractivity contribution in [2.24, 2.45) is 5.10 Å². The van der Waals surface area contributed by atoms with Crippen LogP contribution >= 0.6 is 0 Å². The number of hydrazone groups is 1. The van der Waals surface area contributed by atoms with E-state index in [0.29, 0.717) is 22.6 Å². The van der Waals surface area contributed by atoms with Crippen molar-refractivity contribution >= 4 is 23.7 Å². The fraction of sp³-hybridized carbons (Fsp3) is 0.0870. The first-order valence-electron chi connectivity index (χ1n) is 9.30. The van der Waals surface area contributed by atoms with Gasteiger partial charge in [-0.2, -0.15) is 5.10 Å². The van der Waals surface area contributed by atoms with Crippen LogP contribution in [0.3, 0.4) is 0 Å². The zero-order valence-electron chi connectivity index (χ0n) is 16.7. The first kappa shape index (κ1) is 21.5. The van der Waals surface area contributed by atoms with Gasteiger partial charge in [-0.15, -0.1) is 0 Å². The Bertz CT molecular complexity index is 1090. The van der Waals surface area contributed by atoms with Crippen LogP contribution in [-0.2, 0) is 4.79 Å². The zero-order valence-corrected chi connectivity index (χ0v) is 16.7. The van der Waals surface area contributed by atoms with Gasteiger partial charge < -0.3 is 14.8 Å². The molecular formula is C23H20FN3O4. The zero-order chi connectivity index (χ0) is 22.1. The molecule has 2 N–H and O–H groups in total. The van der Waals surface area contributed by atoms with Crippen LogP contribution in [0.15, 0.2) is 77.9 Å².